The summed E-state index contributed by atoms with van der Waals surface area (Å²) < 4.78 is 0. The summed E-state index contributed by atoms with van der Waals surface area (Å²) in [5.74, 6) is 1.43. The number of primary amides is 1. The van der Waals surface area contributed by atoms with E-state index in [1.807, 2.05) is 12.1 Å². The Hall–Kier alpha value is -2.50. The van der Waals surface area contributed by atoms with Crippen molar-refractivity contribution in [3.05, 3.63) is 35.8 Å². The Morgan fingerprint density at radius 1 is 1.26 bits per heavy atom. The predicted molar refractivity (Wildman–Crippen MR) is 86.6 cm³/mol. The fourth-order valence-electron chi connectivity index (χ4n) is 3.34. The molecule has 1 fully saturated rings. The highest BCUT2D eigenvalue weighted by molar-refractivity contribution is 5.78. The van der Waals surface area contributed by atoms with Gasteiger partial charge in [0.2, 0.25) is 5.91 Å². The third-order valence-electron chi connectivity index (χ3n) is 4.73. The van der Waals surface area contributed by atoms with E-state index < -0.39 is 0 Å². The average Bonchev–Trinajstić information content (AvgIpc) is 2.99. The molecule has 0 aromatic carbocycles. The zero-order valence-electron chi connectivity index (χ0n) is 12.8. The number of rotatable bonds is 4. The Morgan fingerprint density at radius 3 is 2.87 bits per heavy atom. The Kier molecular flexibility index (Phi) is 3.44. The van der Waals surface area contributed by atoms with Crippen molar-refractivity contribution >= 4 is 11.7 Å². The highest BCUT2D eigenvalue weighted by Gasteiger charge is 2.34. The quantitative estimate of drug-likeness (QED) is 0.896. The lowest BCUT2D eigenvalue weighted by molar-refractivity contribution is -0.124. The largest absolute Gasteiger partial charge is 0.369 e. The Labute approximate surface area is 134 Å². The maximum atomic E-state index is 11.2. The number of nitrogens with zero attached hydrogens (tertiary/aromatic N) is 3. The van der Waals surface area contributed by atoms with E-state index in [0.29, 0.717) is 5.82 Å². The maximum absolute atomic E-state index is 11.2. The van der Waals surface area contributed by atoms with Gasteiger partial charge < -0.3 is 11.1 Å². The van der Waals surface area contributed by atoms with Gasteiger partial charge in [-0.25, -0.2) is 9.97 Å². The lowest BCUT2D eigenvalue weighted by Gasteiger charge is -2.34. The number of pyridine rings is 1. The molecule has 0 radical (unpaired) electrons. The minimum Gasteiger partial charge on any atom is -0.369 e. The number of amides is 1. The first-order valence-electron chi connectivity index (χ1n) is 8.07. The van der Waals surface area contributed by atoms with Gasteiger partial charge in [-0.05, 0) is 44.2 Å². The van der Waals surface area contributed by atoms with Crippen molar-refractivity contribution in [3.63, 3.8) is 0 Å². The van der Waals surface area contributed by atoms with Crippen molar-refractivity contribution in [1.29, 1.82) is 0 Å². The van der Waals surface area contributed by atoms with Crippen LogP contribution in [0.1, 0.15) is 30.5 Å². The van der Waals surface area contributed by atoms with Crippen molar-refractivity contribution < 1.29 is 4.79 Å². The summed E-state index contributed by atoms with van der Waals surface area (Å²) >= 11 is 0. The molecular weight excluding hydrogens is 290 g/mol. The number of hydrogen-bond donors (Lipinski definition) is 2. The molecule has 4 rings (SSSR count). The van der Waals surface area contributed by atoms with E-state index in [1.54, 1.807) is 12.4 Å². The molecule has 0 unspecified atom stereocenters. The van der Waals surface area contributed by atoms with Crippen molar-refractivity contribution in [1.82, 2.24) is 15.0 Å². The van der Waals surface area contributed by atoms with Crippen LogP contribution in [0.2, 0.25) is 0 Å². The Morgan fingerprint density at radius 2 is 2.13 bits per heavy atom. The molecule has 2 aliphatic rings. The average molecular weight is 309 g/mol. The van der Waals surface area contributed by atoms with Crippen molar-refractivity contribution in [3.8, 4) is 11.4 Å². The second-order valence-corrected chi connectivity index (χ2v) is 6.33. The number of aromatic nitrogens is 3. The van der Waals surface area contributed by atoms with Crippen molar-refractivity contribution in [2.75, 3.05) is 5.32 Å². The van der Waals surface area contributed by atoms with Crippen LogP contribution in [0.5, 0.6) is 0 Å². The van der Waals surface area contributed by atoms with Crippen LogP contribution in [-0.4, -0.2) is 26.9 Å². The number of carbonyl (C=O) groups is 1. The number of fused-ring (bicyclic) bond motifs is 1. The van der Waals surface area contributed by atoms with Gasteiger partial charge in [0.1, 0.15) is 5.82 Å². The number of carbonyl (C=O) groups excluding carboxylic acids is 1. The predicted octanol–water partition coefficient (Wildman–Crippen LogP) is 1.70. The first-order chi connectivity index (χ1) is 11.2. The minimum absolute atomic E-state index is 0.000166. The van der Waals surface area contributed by atoms with E-state index in [0.717, 1.165) is 49.2 Å². The minimum atomic E-state index is -0.202. The second-order valence-electron chi connectivity index (χ2n) is 6.33. The molecule has 1 saturated carbocycles. The molecule has 2 aromatic heterocycles. The zero-order valence-corrected chi connectivity index (χ0v) is 12.8. The van der Waals surface area contributed by atoms with E-state index in [1.165, 1.54) is 5.56 Å². The van der Waals surface area contributed by atoms with Crippen LogP contribution in [0.4, 0.5) is 5.82 Å². The molecule has 118 valence electrons. The summed E-state index contributed by atoms with van der Waals surface area (Å²) in [4.78, 5) is 24.8. The number of nitrogens with two attached hydrogens (primary N) is 1. The van der Waals surface area contributed by atoms with Crippen LogP contribution in [0, 0.1) is 5.92 Å². The molecule has 0 bridgehead atoms. The van der Waals surface area contributed by atoms with E-state index in [2.05, 4.69) is 10.3 Å². The van der Waals surface area contributed by atoms with Crippen LogP contribution in [0.3, 0.4) is 0 Å². The monoisotopic (exact) mass is 309 g/mol. The molecule has 6 heteroatoms. The molecule has 2 aromatic rings. The van der Waals surface area contributed by atoms with Crippen LogP contribution < -0.4 is 11.1 Å². The van der Waals surface area contributed by atoms with Crippen molar-refractivity contribution in [2.45, 2.75) is 38.1 Å². The highest BCUT2D eigenvalue weighted by Crippen LogP contribution is 2.34. The first kappa shape index (κ1) is 14.1. The molecule has 1 amide bonds. The molecule has 0 spiro atoms. The highest BCUT2D eigenvalue weighted by atomic mass is 16.1. The number of nitrogens with one attached hydrogen (secondary N) is 1. The summed E-state index contributed by atoms with van der Waals surface area (Å²) in [5.41, 5.74) is 8.62. The smallest absolute Gasteiger partial charge is 0.220 e. The Balaban J connectivity index is 1.61. The third kappa shape index (κ3) is 2.65. The van der Waals surface area contributed by atoms with Gasteiger partial charge in [0.05, 0.1) is 0 Å². The molecule has 0 saturated heterocycles. The van der Waals surface area contributed by atoms with Gasteiger partial charge in [-0.3, -0.25) is 9.78 Å². The summed E-state index contributed by atoms with van der Waals surface area (Å²) in [7, 11) is 0. The SMILES string of the molecule is NC(=O)C1CC(Nc2nc(-c3cccnc3)nc3c2CCC3)C1. The normalized spacial score (nSPS) is 22.3. The molecular formula is C17H19N5O. The van der Waals surface area contributed by atoms with E-state index in [4.69, 9.17) is 15.7 Å². The van der Waals surface area contributed by atoms with Gasteiger partial charge in [-0.2, -0.15) is 0 Å². The van der Waals surface area contributed by atoms with Gasteiger partial charge in [-0.15, -0.1) is 0 Å². The first-order valence-corrected chi connectivity index (χ1v) is 8.07. The van der Waals surface area contributed by atoms with Crippen LogP contribution in [0.25, 0.3) is 11.4 Å². The standard InChI is InChI=1S/C17H19N5O/c18-15(23)11-7-12(8-11)20-17-13-4-1-5-14(13)21-16(22-17)10-3-2-6-19-9-10/h2-3,6,9,11-12H,1,4-5,7-8H2,(H2,18,23)(H,20,21,22). The van der Waals surface area contributed by atoms with Crippen LogP contribution >= 0.6 is 0 Å². The van der Waals surface area contributed by atoms with E-state index in [9.17, 15) is 4.79 Å². The van der Waals surface area contributed by atoms with Gasteiger partial charge >= 0.3 is 0 Å². The molecule has 0 atom stereocenters. The summed E-state index contributed by atoms with van der Waals surface area (Å²) in [6, 6.07) is 4.14. The van der Waals surface area contributed by atoms with Crippen LogP contribution in [-0.2, 0) is 17.6 Å². The van der Waals surface area contributed by atoms with Gasteiger partial charge in [-0.1, -0.05) is 0 Å². The summed E-state index contributed by atoms with van der Waals surface area (Å²) in [5, 5.41) is 3.49. The number of hydrogen-bond acceptors (Lipinski definition) is 5. The van der Waals surface area contributed by atoms with Crippen LogP contribution in [0.15, 0.2) is 24.5 Å². The molecule has 2 aliphatic carbocycles. The third-order valence-corrected chi connectivity index (χ3v) is 4.73. The zero-order chi connectivity index (χ0) is 15.8. The van der Waals surface area contributed by atoms with Crippen molar-refractivity contribution in [2.24, 2.45) is 11.7 Å². The fraction of sp³-hybridized carbons (Fsp3) is 0.412. The van der Waals surface area contributed by atoms with E-state index in [-0.39, 0.29) is 17.9 Å². The molecule has 3 N–H and O–H groups in total. The summed E-state index contributed by atoms with van der Waals surface area (Å²) in [6.07, 6.45) is 8.23. The molecule has 23 heavy (non-hydrogen) atoms. The fourth-order valence-corrected chi connectivity index (χ4v) is 3.34. The lowest BCUT2D eigenvalue weighted by atomic mass is 9.80. The van der Waals surface area contributed by atoms with Gasteiger partial charge in [0.25, 0.3) is 0 Å². The number of aryl methyl sites for hydroxylation is 1. The number of anilines is 1. The summed E-state index contributed by atoms with van der Waals surface area (Å²) in [6.45, 7) is 0. The lowest BCUT2D eigenvalue weighted by Crippen LogP contribution is -2.42. The van der Waals surface area contributed by atoms with Gasteiger partial charge in [0, 0.05) is 41.2 Å². The maximum Gasteiger partial charge on any atom is 0.220 e. The Bertz CT molecular complexity index is 740. The molecule has 6 nitrogen and oxygen atoms in total. The van der Waals surface area contributed by atoms with E-state index >= 15 is 0 Å². The topological polar surface area (TPSA) is 93.8 Å². The van der Waals surface area contributed by atoms with Gasteiger partial charge in [0.15, 0.2) is 5.82 Å². The second kappa shape index (κ2) is 5.61. The molecule has 2 heterocycles. The molecule has 0 aliphatic heterocycles.